The molecule has 0 aliphatic rings. The van der Waals surface area contributed by atoms with Crippen LogP contribution in [0.1, 0.15) is 18.4 Å². The molecule has 0 aliphatic heterocycles. The van der Waals surface area contributed by atoms with Gasteiger partial charge in [-0.25, -0.2) is 4.79 Å². The molecule has 0 fully saturated rings. The van der Waals surface area contributed by atoms with Crippen LogP contribution in [0.2, 0.25) is 0 Å². The lowest BCUT2D eigenvalue weighted by atomic mass is 10.2. The van der Waals surface area contributed by atoms with Gasteiger partial charge in [0.05, 0.1) is 6.61 Å². The van der Waals surface area contributed by atoms with E-state index in [1.54, 1.807) is 0 Å². The van der Waals surface area contributed by atoms with E-state index in [1.165, 1.54) is 0 Å². The number of anilines is 1. The summed E-state index contributed by atoms with van der Waals surface area (Å²) in [7, 11) is 0. The third-order valence-electron chi connectivity index (χ3n) is 3.73. The summed E-state index contributed by atoms with van der Waals surface area (Å²) in [6.45, 7) is 3.68. The van der Waals surface area contributed by atoms with Crippen molar-refractivity contribution in [3.63, 3.8) is 0 Å². The van der Waals surface area contributed by atoms with Gasteiger partial charge in [0.25, 0.3) is 0 Å². The summed E-state index contributed by atoms with van der Waals surface area (Å²) in [6.07, 6.45) is 1.29. The molecule has 0 aliphatic carbocycles. The monoisotopic (exact) mass is 357 g/mol. The average molecular weight is 357 g/mol. The second-order valence-electron chi connectivity index (χ2n) is 5.85. The normalized spacial score (nSPS) is 10.3. The summed E-state index contributed by atoms with van der Waals surface area (Å²) in [4.78, 5) is 10.6. The number of benzene rings is 2. The fourth-order valence-electron chi connectivity index (χ4n) is 2.35. The molecule has 0 atom stereocenters. The van der Waals surface area contributed by atoms with Gasteiger partial charge in [-0.2, -0.15) is 0 Å². The molecule has 0 saturated carbocycles. The van der Waals surface area contributed by atoms with Gasteiger partial charge in [0.2, 0.25) is 0 Å². The van der Waals surface area contributed by atoms with Crippen LogP contribution < -0.4 is 21.1 Å². The van der Waals surface area contributed by atoms with Crippen LogP contribution >= 0.6 is 0 Å². The lowest BCUT2D eigenvalue weighted by molar-refractivity contribution is 0.150. The molecule has 140 valence electrons. The maximum absolute atomic E-state index is 10.6. The second kappa shape index (κ2) is 11.8. The number of hydrogen-bond acceptors (Lipinski definition) is 5. The summed E-state index contributed by atoms with van der Waals surface area (Å²) >= 11 is 0. The number of carbonyl (C=O) groups is 1. The van der Waals surface area contributed by atoms with Crippen LogP contribution in [0.25, 0.3) is 0 Å². The number of nitrogens with two attached hydrogens (primary N) is 1. The Labute approximate surface area is 154 Å². The number of nitrogens with one attached hydrogen (secondary N) is 2. The number of para-hydroxylation sites is 1. The van der Waals surface area contributed by atoms with Gasteiger partial charge < -0.3 is 25.8 Å². The van der Waals surface area contributed by atoms with Gasteiger partial charge >= 0.3 is 6.09 Å². The topological polar surface area (TPSA) is 85.6 Å². The van der Waals surface area contributed by atoms with E-state index in [9.17, 15) is 4.79 Å². The third-order valence-corrected chi connectivity index (χ3v) is 3.73. The Kier molecular flexibility index (Phi) is 8.86. The van der Waals surface area contributed by atoms with E-state index in [4.69, 9.17) is 15.2 Å². The highest BCUT2D eigenvalue weighted by molar-refractivity contribution is 5.64. The molecule has 1 amide bonds. The highest BCUT2D eigenvalue weighted by Gasteiger charge is 1.99. The minimum atomic E-state index is -0.769. The molecule has 2 aromatic carbocycles. The van der Waals surface area contributed by atoms with Gasteiger partial charge in [-0.05, 0) is 49.2 Å². The standard InChI is InChI=1S/C20H27N3O3/c21-20(24)26-16-17-8-10-19(11-9-17)25-15-5-4-12-22-13-14-23-18-6-2-1-3-7-18/h1-3,6-11,22-23H,4-5,12-16H2,(H2,21,24). The largest absolute Gasteiger partial charge is 0.494 e. The fraction of sp³-hybridized carbons (Fsp3) is 0.350. The van der Waals surface area contributed by atoms with Crippen molar-refractivity contribution in [1.82, 2.24) is 5.32 Å². The third kappa shape index (κ3) is 8.39. The summed E-state index contributed by atoms with van der Waals surface area (Å²) in [5, 5.41) is 6.78. The van der Waals surface area contributed by atoms with Gasteiger partial charge in [0.15, 0.2) is 0 Å². The van der Waals surface area contributed by atoms with Gasteiger partial charge in [-0.3, -0.25) is 0 Å². The average Bonchev–Trinajstić information content (AvgIpc) is 2.67. The molecule has 6 heteroatoms. The van der Waals surface area contributed by atoms with Crippen LogP contribution in [0.3, 0.4) is 0 Å². The summed E-state index contributed by atoms with van der Waals surface area (Å²) < 4.78 is 10.4. The number of unbranched alkanes of at least 4 members (excludes halogenated alkanes) is 1. The lowest BCUT2D eigenvalue weighted by Crippen LogP contribution is -2.23. The van der Waals surface area contributed by atoms with Gasteiger partial charge in [-0.15, -0.1) is 0 Å². The Morgan fingerprint density at radius 2 is 1.69 bits per heavy atom. The van der Waals surface area contributed by atoms with Crippen molar-refractivity contribution in [2.45, 2.75) is 19.4 Å². The van der Waals surface area contributed by atoms with Gasteiger partial charge in [0.1, 0.15) is 12.4 Å². The van der Waals surface area contributed by atoms with Crippen molar-refractivity contribution < 1.29 is 14.3 Å². The lowest BCUT2D eigenvalue weighted by Gasteiger charge is -2.09. The Hall–Kier alpha value is -2.73. The maximum atomic E-state index is 10.6. The quantitative estimate of drug-likeness (QED) is 0.508. The molecule has 0 radical (unpaired) electrons. The van der Waals surface area contributed by atoms with E-state index < -0.39 is 6.09 Å². The molecular weight excluding hydrogens is 330 g/mol. The van der Waals surface area contributed by atoms with Crippen molar-refractivity contribution in [3.8, 4) is 5.75 Å². The maximum Gasteiger partial charge on any atom is 0.404 e. The second-order valence-corrected chi connectivity index (χ2v) is 5.85. The van der Waals surface area contributed by atoms with E-state index in [2.05, 4.69) is 22.8 Å². The molecule has 4 N–H and O–H groups in total. The summed E-state index contributed by atoms with van der Waals surface area (Å²) in [5.74, 6) is 0.813. The number of carbonyl (C=O) groups excluding carboxylic acids is 1. The Morgan fingerprint density at radius 1 is 0.923 bits per heavy atom. The SMILES string of the molecule is NC(=O)OCc1ccc(OCCCCNCCNc2ccccc2)cc1. The van der Waals surface area contributed by atoms with Crippen LogP contribution in [0.15, 0.2) is 54.6 Å². The number of amides is 1. The first-order chi connectivity index (χ1) is 12.7. The highest BCUT2D eigenvalue weighted by atomic mass is 16.5. The number of ether oxygens (including phenoxy) is 2. The van der Waals surface area contributed by atoms with Gasteiger partial charge in [0, 0.05) is 18.8 Å². The molecule has 26 heavy (non-hydrogen) atoms. The minimum Gasteiger partial charge on any atom is -0.494 e. The molecule has 0 aromatic heterocycles. The molecule has 6 nitrogen and oxygen atoms in total. The Bertz CT molecular complexity index is 633. The smallest absolute Gasteiger partial charge is 0.404 e. The van der Waals surface area contributed by atoms with E-state index in [0.717, 1.165) is 49.5 Å². The van der Waals surface area contributed by atoms with E-state index in [1.807, 2.05) is 42.5 Å². The Balaban J connectivity index is 1.45. The minimum absolute atomic E-state index is 0.181. The van der Waals surface area contributed by atoms with Crippen molar-refractivity contribution in [2.75, 3.05) is 31.6 Å². The summed E-state index contributed by atoms with van der Waals surface area (Å²) in [6, 6.07) is 17.7. The van der Waals surface area contributed by atoms with Crippen LogP contribution in [0.5, 0.6) is 5.75 Å². The number of primary amides is 1. The molecule has 2 aromatic rings. The van der Waals surface area contributed by atoms with Crippen molar-refractivity contribution >= 4 is 11.8 Å². The molecule has 0 spiro atoms. The van der Waals surface area contributed by atoms with Crippen LogP contribution in [-0.4, -0.2) is 32.3 Å². The van der Waals surface area contributed by atoms with Crippen molar-refractivity contribution in [1.29, 1.82) is 0 Å². The van der Waals surface area contributed by atoms with E-state index in [-0.39, 0.29) is 6.61 Å². The van der Waals surface area contributed by atoms with E-state index in [0.29, 0.717) is 6.61 Å². The number of rotatable bonds is 12. The predicted octanol–water partition coefficient (Wildman–Crippen LogP) is 3.14. The summed E-state index contributed by atoms with van der Waals surface area (Å²) in [5.41, 5.74) is 6.96. The molecule has 0 saturated heterocycles. The zero-order valence-corrected chi connectivity index (χ0v) is 14.9. The molecular formula is C20H27N3O3. The molecule has 0 bridgehead atoms. The predicted molar refractivity (Wildman–Crippen MR) is 103 cm³/mol. The van der Waals surface area contributed by atoms with Crippen LogP contribution in [-0.2, 0) is 11.3 Å². The van der Waals surface area contributed by atoms with Crippen molar-refractivity contribution in [3.05, 3.63) is 60.2 Å². The van der Waals surface area contributed by atoms with E-state index >= 15 is 0 Å². The first-order valence-electron chi connectivity index (χ1n) is 8.87. The molecule has 0 heterocycles. The first-order valence-corrected chi connectivity index (χ1v) is 8.87. The van der Waals surface area contributed by atoms with Crippen molar-refractivity contribution in [2.24, 2.45) is 5.73 Å². The van der Waals surface area contributed by atoms with Crippen LogP contribution in [0, 0.1) is 0 Å². The number of hydrogen-bond donors (Lipinski definition) is 3. The Morgan fingerprint density at radius 3 is 2.42 bits per heavy atom. The zero-order chi connectivity index (χ0) is 18.5. The van der Waals surface area contributed by atoms with Gasteiger partial charge in [-0.1, -0.05) is 30.3 Å². The van der Waals surface area contributed by atoms with Crippen LogP contribution in [0.4, 0.5) is 10.5 Å². The molecule has 0 unspecified atom stereocenters. The zero-order valence-electron chi connectivity index (χ0n) is 14.9. The highest BCUT2D eigenvalue weighted by Crippen LogP contribution is 2.13. The molecule has 2 rings (SSSR count). The first kappa shape index (κ1) is 19.6. The fourth-order valence-corrected chi connectivity index (χ4v) is 2.35.